The summed E-state index contributed by atoms with van der Waals surface area (Å²) in [4.78, 5) is 13.7. The molecular weight excluding hydrogens is 126 g/mol. The van der Waals surface area contributed by atoms with Crippen molar-refractivity contribution < 1.29 is 4.79 Å². The van der Waals surface area contributed by atoms with Gasteiger partial charge in [0, 0.05) is 0 Å². The summed E-state index contributed by atoms with van der Waals surface area (Å²) >= 11 is 0. The van der Waals surface area contributed by atoms with Crippen molar-refractivity contribution in [2.75, 3.05) is 0 Å². The molecule has 0 unspecified atom stereocenters. The van der Waals surface area contributed by atoms with Gasteiger partial charge in [0.25, 0.3) is 0 Å². The Hall–Kier alpha value is -0.620. The summed E-state index contributed by atoms with van der Waals surface area (Å²) in [5, 5.41) is 0. The van der Waals surface area contributed by atoms with Crippen LogP contribution >= 0.6 is 0 Å². The molecule has 0 aromatic heterocycles. The van der Waals surface area contributed by atoms with Crippen LogP contribution in [0.1, 0.15) is 33.6 Å². The predicted octanol–water partition coefficient (Wildman–Crippen LogP) is 1.90. The summed E-state index contributed by atoms with van der Waals surface area (Å²) in [5.74, 6) is 0. The molecule has 0 saturated heterocycles. The summed E-state index contributed by atoms with van der Waals surface area (Å²) in [6.45, 7) is 6.38. The maximum Gasteiger partial charge on any atom is 0.235 e. The van der Waals surface area contributed by atoms with Crippen LogP contribution in [0.3, 0.4) is 0 Å². The number of carbonyl (C=O) groups excluding carboxylic acids is 1. The Kier molecular flexibility index (Phi) is 1.44. The fraction of sp³-hybridized carbons (Fsp3) is 0.875. The second-order valence-corrected chi connectivity index (χ2v) is 4.22. The van der Waals surface area contributed by atoms with Crippen LogP contribution in [-0.2, 0) is 4.79 Å². The van der Waals surface area contributed by atoms with Gasteiger partial charge in [-0.2, -0.15) is 4.99 Å². The molecule has 0 aromatic rings. The lowest BCUT2D eigenvalue weighted by Gasteiger charge is -2.47. The van der Waals surface area contributed by atoms with E-state index < -0.39 is 0 Å². The zero-order valence-corrected chi connectivity index (χ0v) is 6.77. The first-order valence-electron chi connectivity index (χ1n) is 3.57. The zero-order chi connectivity index (χ0) is 7.83. The van der Waals surface area contributed by atoms with Gasteiger partial charge >= 0.3 is 0 Å². The number of nitrogens with zero attached hydrogens (tertiary/aromatic N) is 1. The molecule has 0 heterocycles. The van der Waals surface area contributed by atoms with Gasteiger partial charge in [0.15, 0.2) is 0 Å². The average Bonchev–Trinajstić information content (AvgIpc) is 1.58. The summed E-state index contributed by atoms with van der Waals surface area (Å²) in [6, 6.07) is 0. The van der Waals surface area contributed by atoms with Gasteiger partial charge in [-0.05, 0) is 25.2 Å². The van der Waals surface area contributed by atoms with Gasteiger partial charge in [-0.15, -0.1) is 0 Å². The Bertz CT molecular complexity index is 181. The van der Waals surface area contributed by atoms with Gasteiger partial charge < -0.3 is 0 Å². The highest BCUT2D eigenvalue weighted by atomic mass is 16.1. The molecule has 0 aromatic carbocycles. The van der Waals surface area contributed by atoms with Gasteiger partial charge in [-0.3, -0.25) is 0 Å². The second-order valence-electron chi connectivity index (χ2n) is 4.22. The van der Waals surface area contributed by atoms with Gasteiger partial charge in [0.1, 0.15) is 0 Å². The molecule has 10 heavy (non-hydrogen) atoms. The first-order valence-corrected chi connectivity index (χ1v) is 3.57. The molecule has 56 valence electrons. The van der Waals surface area contributed by atoms with E-state index in [1.54, 1.807) is 6.08 Å². The monoisotopic (exact) mass is 139 g/mol. The van der Waals surface area contributed by atoms with Gasteiger partial charge in [-0.25, -0.2) is 4.79 Å². The first kappa shape index (κ1) is 7.49. The van der Waals surface area contributed by atoms with E-state index >= 15 is 0 Å². The SMILES string of the molecule is CC1(C)CC(C)(N=C=O)C1. The predicted molar refractivity (Wildman–Crippen MR) is 39.5 cm³/mol. The van der Waals surface area contributed by atoms with Crippen LogP contribution in [0.4, 0.5) is 0 Å². The fourth-order valence-corrected chi connectivity index (χ4v) is 2.20. The van der Waals surface area contributed by atoms with Crippen LogP contribution < -0.4 is 0 Å². The van der Waals surface area contributed by atoms with Crippen LogP contribution in [0, 0.1) is 5.41 Å². The van der Waals surface area contributed by atoms with Crippen LogP contribution in [0.25, 0.3) is 0 Å². The summed E-state index contributed by atoms with van der Waals surface area (Å²) in [7, 11) is 0. The maximum absolute atomic E-state index is 9.93. The number of hydrogen-bond acceptors (Lipinski definition) is 2. The lowest BCUT2D eigenvalue weighted by Crippen LogP contribution is -2.44. The van der Waals surface area contributed by atoms with Crippen molar-refractivity contribution in [2.24, 2.45) is 10.4 Å². The van der Waals surface area contributed by atoms with E-state index in [-0.39, 0.29) is 5.54 Å². The van der Waals surface area contributed by atoms with E-state index in [4.69, 9.17) is 0 Å². The third kappa shape index (κ3) is 1.27. The fourth-order valence-electron chi connectivity index (χ4n) is 2.20. The van der Waals surface area contributed by atoms with E-state index in [1.807, 2.05) is 6.92 Å². The van der Waals surface area contributed by atoms with Crippen LogP contribution in [0.2, 0.25) is 0 Å². The Labute approximate surface area is 61.3 Å². The van der Waals surface area contributed by atoms with E-state index in [9.17, 15) is 4.79 Å². The molecule has 0 bridgehead atoms. The van der Waals surface area contributed by atoms with Crippen LogP contribution in [0.5, 0.6) is 0 Å². The number of aliphatic imine (C=N–C) groups is 1. The molecule has 1 rings (SSSR count). The Morgan fingerprint density at radius 2 is 1.80 bits per heavy atom. The topological polar surface area (TPSA) is 29.4 Å². The molecule has 0 spiro atoms. The third-order valence-electron chi connectivity index (χ3n) is 2.03. The minimum absolute atomic E-state index is 0.0920. The van der Waals surface area contributed by atoms with E-state index in [0.717, 1.165) is 12.8 Å². The van der Waals surface area contributed by atoms with Crippen molar-refractivity contribution in [1.82, 2.24) is 0 Å². The highest BCUT2D eigenvalue weighted by molar-refractivity contribution is 5.35. The molecule has 0 N–H and O–H groups in total. The quantitative estimate of drug-likeness (QED) is 0.403. The van der Waals surface area contributed by atoms with Gasteiger partial charge in [0.05, 0.1) is 5.54 Å². The maximum atomic E-state index is 9.93. The van der Waals surface area contributed by atoms with Crippen molar-refractivity contribution in [3.8, 4) is 0 Å². The van der Waals surface area contributed by atoms with Crippen molar-refractivity contribution in [3.63, 3.8) is 0 Å². The standard InChI is InChI=1S/C8H13NO/c1-7(2)4-8(3,5-7)9-6-10/h4-5H2,1-3H3. The minimum atomic E-state index is -0.0920. The number of isocyanates is 1. The Balaban J connectivity index is 2.57. The molecule has 1 aliphatic carbocycles. The van der Waals surface area contributed by atoms with E-state index in [0.29, 0.717) is 5.41 Å². The van der Waals surface area contributed by atoms with E-state index in [1.165, 1.54) is 0 Å². The highest BCUT2D eigenvalue weighted by Crippen LogP contribution is 2.49. The van der Waals surface area contributed by atoms with Gasteiger partial charge in [-0.1, -0.05) is 13.8 Å². The van der Waals surface area contributed by atoms with E-state index in [2.05, 4.69) is 18.8 Å². The average molecular weight is 139 g/mol. The molecule has 1 aliphatic rings. The van der Waals surface area contributed by atoms with Crippen LogP contribution in [-0.4, -0.2) is 11.6 Å². The second kappa shape index (κ2) is 1.93. The summed E-state index contributed by atoms with van der Waals surface area (Å²) < 4.78 is 0. The third-order valence-corrected chi connectivity index (χ3v) is 2.03. The highest BCUT2D eigenvalue weighted by Gasteiger charge is 2.45. The zero-order valence-electron chi connectivity index (χ0n) is 6.77. The van der Waals surface area contributed by atoms with Gasteiger partial charge in [0.2, 0.25) is 6.08 Å². The van der Waals surface area contributed by atoms with Crippen molar-refractivity contribution in [3.05, 3.63) is 0 Å². The molecule has 1 saturated carbocycles. The van der Waals surface area contributed by atoms with Crippen molar-refractivity contribution >= 4 is 6.08 Å². The molecule has 0 aliphatic heterocycles. The Morgan fingerprint density at radius 3 is 2.10 bits per heavy atom. The molecule has 0 amide bonds. The van der Waals surface area contributed by atoms with Crippen molar-refractivity contribution in [1.29, 1.82) is 0 Å². The molecule has 2 heteroatoms. The molecular formula is C8H13NO. The smallest absolute Gasteiger partial charge is 0.211 e. The first-order chi connectivity index (χ1) is 4.47. The number of rotatable bonds is 1. The Morgan fingerprint density at radius 1 is 1.30 bits per heavy atom. The lowest BCUT2D eigenvalue weighted by molar-refractivity contribution is 0.0805. The van der Waals surface area contributed by atoms with Crippen LogP contribution in [0.15, 0.2) is 4.99 Å². The summed E-state index contributed by atoms with van der Waals surface area (Å²) in [6.07, 6.45) is 3.64. The largest absolute Gasteiger partial charge is 0.235 e. The molecule has 1 fully saturated rings. The molecule has 2 nitrogen and oxygen atoms in total. The molecule has 0 radical (unpaired) electrons. The number of hydrogen-bond donors (Lipinski definition) is 0. The molecule has 0 atom stereocenters. The summed E-state index contributed by atoms with van der Waals surface area (Å²) in [5.41, 5.74) is 0.292. The van der Waals surface area contributed by atoms with Crippen molar-refractivity contribution in [2.45, 2.75) is 39.2 Å². The minimum Gasteiger partial charge on any atom is -0.211 e. The lowest BCUT2D eigenvalue weighted by atomic mass is 9.60. The normalized spacial score (nSPS) is 26.3.